The van der Waals surface area contributed by atoms with Gasteiger partial charge < -0.3 is 0 Å². The number of primary sulfonamides is 1. The molecule has 2 N–H and O–H groups in total. The molecule has 0 aliphatic carbocycles. The van der Waals surface area contributed by atoms with Gasteiger partial charge in [-0.1, -0.05) is 0 Å². The lowest BCUT2D eigenvalue weighted by Gasteiger charge is -2.11. The smallest absolute Gasteiger partial charge is 0.228 e. The number of hydrogen-bond acceptors (Lipinski definition) is 2. The minimum absolute atomic E-state index is 0.495. The van der Waals surface area contributed by atoms with Crippen LogP contribution in [0.4, 0.5) is 13.2 Å². The Morgan fingerprint density at radius 1 is 1.40 bits per heavy atom. The number of nitrogens with two attached hydrogens (primary N) is 1. The Bertz CT molecular complexity index is 206. The van der Waals surface area contributed by atoms with Crippen molar-refractivity contribution in [2.24, 2.45) is 5.14 Å². The number of sulfonamides is 1. The van der Waals surface area contributed by atoms with Crippen LogP contribution in [0.25, 0.3) is 0 Å². The van der Waals surface area contributed by atoms with Crippen LogP contribution in [0.15, 0.2) is 0 Å². The summed E-state index contributed by atoms with van der Waals surface area (Å²) < 4.78 is 54.5. The van der Waals surface area contributed by atoms with Crippen molar-refractivity contribution in [2.75, 3.05) is 0 Å². The largest absolute Gasteiger partial charge is 0.406 e. The Labute approximate surface area is 56.1 Å². The van der Waals surface area contributed by atoms with Crippen LogP contribution in [0.1, 0.15) is 6.92 Å². The lowest BCUT2D eigenvalue weighted by atomic mass is 10.5. The van der Waals surface area contributed by atoms with E-state index >= 15 is 0 Å². The lowest BCUT2D eigenvalue weighted by molar-refractivity contribution is -0.126. The van der Waals surface area contributed by atoms with Gasteiger partial charge in [-0.15, -0.1) is 0 Å². The Hall–Kier alpha value is -0.300. The highest BCUT2D eigenvalue weighted by atomic mass is 32.2. The second-order valence-electron chi connectivity index (χ2n) is 1.77. The first-order chi connectivity index (χ1) is 4.15. The first kappa shape index (κ1) is 9.70. The number of halogens is 3. The van der Waals surface area contributed by atoms with Crippen molar-refractivity contribution in [3.63, 3.8) is 0 Å². The number of rotatable bonds is 1. The van der Waals surface area contributed by atoms with Gasteiger partial charge in [0.25, 0.3) is 0 Å². The van der Waals surface area contributed by atoms with Gasteiger partial charge in [0.2, 0.25) is 10.0 Å². The molecule has 62 valence electrons. The van der Waals surface area contributed by atoms with Gasteiger partial charge in [0.15, 0.2) is 5.25 Å². The molecule has 0 fully saturated rings. The van der Waals surface area contributed by atoms with Crippen molar-refractivity contribution in [1.82, 2.24) is 0 Å². The Balaban J connectivity index is 4.56. The van der Waals surface area contributed by atoms with Crippen molar-refractivity contribution in [3.8, 4) is 0 Å². The first-order valence-corrected chi connectivity index (χ1v) is 3.85. The van der Waals surface area contributed by atoms with Gasteiger partial charge in [-0.25, -0.2) is 13.6 Å². The van der Waals surface area contributed by atoms with Crippen molar-refractivity contribution in [3.05, 3.63) is 0 Å². The quantitative estimate of drug-likeness (QED) is 0.623. The van der Waals surface area contributed by atoms with Gasteiger partial charge in [-0.2, -0.15) is 13.2 Å². The van der Waals surface area contributed by atoms with Gasteiger partial charge in [-0.05, 0) is 6.92 Å². The Kier molecular flexibility index (Phi) is 2.32. The van der Waals surface area contributed by atoms with Crippen LogP contribution in [0.5, 0.6) is 0 Å². The molecular formula is C3H6F3NO2S. The zero-order valence-corrected chi connectivity index (χ0v) is 5.83. The minimum Gasteiger partial charge on any atom is -0.228 e. The third-order valence-corrected chi connectivity index (χ3v) is 2.21. The molecule has 0 aromatic rings. The molecule has 0 heterocycles. The van der Waals surface area contributed by atoms with Gasteiger partial charge in [0.05, 0.1) is 0 Å². The first-order valence-electron chi connectivity index (χ1n) is 2.24. The molecule has 0 amide bonds. The van der Waals surface area contributed by atoms with Crippen molar-refractivity contribution in [2.45, 2.75) is 18.3 Å². The molecule has 7 heteroatoms. The molecule has 0 rings (SSSR count). The molecule has 3 nitrogen and oxygen atoms in total. The van der Waals surface area contributed by atoms with Crippen LogP contribution < -0.4 is 5.14 Å². The van der Waals surface area contributed by atoms with Gasteiger partial charge in [0, 0.05) is 0 Å². The van der Waals surface area contributed by atoms with E-state index in [0.717, 1.165) is 0 Å². The summed E-state index contributed by atoms with van der Waals surface area (Å²) in [6, 6.07) is 0. The van der Waals surface area contributed by atoms with E-state index in [1.165, 1.54) is 0 Å². The van der Waals surface area contributed by atoms with Crippen LogP contribution >= 0.6 is 0 Å². The van der Waals surface area contributed by atoms with E-state index in [1.807, 2.05) is 0 Å². The molecule has 0 spiro atoms. The molecule has 0 bridgehead atoms. The summed E-state index contributed by atoms with van der Waals surface area (Å²) >= 11 is 0. The summed E-state index contributed by atoms with van der Waals surface area (Å²) in [7, 11) is -4.49. The monoisotopic (exact) mass is 177 g/mol. The summed E-state index contributed by atoms with van der Waals surface area (Å²) in [6.07, 6.45) is -4.77. The Morgan fingerprint density at radius 2 is 1.70 bits per heavy atom. The molecule has 1 atom stereocenters. The van der Waals surface area contributed by atoms with Crippen molar-refractivity contribution in [1.29, 1.82) is 0 Å². The molecule has 0 aromatic carbocycles. The highest BCUT2D eigenvalue weighted by Gasteiger charge is 2.43. The van der Waals surface area contributed by atoms with Crippen LogP contribution in [0, 0.1) is 0 Å². The molecule has 0 aliphatic heterocycles. The fraction of sp³-hybridized carbons (Fsp3) is 1.00. The SMILES string of the molecule is C[C@@H](C(F)(F)F)S(N)(=O)=O. The van der Waals surface area contributed by atoms with E-state index < -0.39 is 21.4 Å². The summed E-state index contributed by atoms with van der Waals surface area (Å²) in [6.45, 7) is 0.495. The van der Waals surface area contributed by atoms with Crippen LogP contribution in [0.2, 0.25) is 0 Å². The number of hydrogen-bond donors (Lipinski definition) is 1. The van der Waals surface area contributed by atoms with E-state index in [9.17, 15) is 21.6 Å². The highest BCUT2D eigenvalue weighted by molar-refractivity contribution is 7.89. The van der Waals surface area contributed by atoms with Gasteiger partial charge in [-0.3, -0.25) is 0 Å². The third-order valence-electron chi connectivity index (χ3n) is 0.954. The summed E-state index contributed by atoms with van der Waals surface area (Å²) in [5.74, 6) is 0. The lowest BCUT2D eigenvalue weighted by Crippen LogP contribution is -2.38. The molecule has 0 aliphatic rings. The molecule has 0 unspecified atom stereocenters. The second kappa shape index (κ2) is 2.39. The van der Waals surface area contributed by atoms with E-state index in [4.69, 9.17) is 0 Å². The highest BCUT2D eigenvalue weighted by Crippen LogP contribution is 2.23. The fourth-order valence-electron chi connectivity index (χ4n) is 0.186. The standard InChI is InChI=1S/C3H6F3NO2S/c1-2(3(4,5)6)10(7,8)9/h2H,1H3,(H2,7,8,9)/t2-/m0/s1. The molecule has 0 radical (unpaired) electrons. The molecule has 0 aromatic heterocycles. The van der Waals surface area contributed by atoms with Crippen LogP contribution in [0.3, 0.4) is 0 Å². The normalized spacial score (nSPS) is 16.9. The van der Waals surface area contributed by atoms with E-state index in [1.54, 1.807) is 0 Å². The maximum atomic E-state index is 11.5. The summed E-state index contributed by atoms with van der Waals surface area (Å²) in [4.78, 5) is 0. The third kappa shape index (κ3) is 2.53. The predicted molar refractivity (Wildman–Crippen MR) is 28.6 cm³/mol. The topological polar surface area (TPSA) is 60.2 Å². The fourth-order valence-corrected chi connectivity index (χ4v) is 0.559. The van der Waals surface area contributed by atoms with Crippen LogP contribution in [-0.4, -0.2) is 19.8 Å². The molecule has 0 saturated carbocycles. The number of alkyl halides is 3. The van der Waals surface area contributed by atoms with E-state index in [-0.39, 0.29) is 0 Å². The maximum absolute atomic E-state index is 11.5. The molecule has 10 heavy (non-hydrogen) atoms. The average Bonchev–Trinajstić information content (AvgIpc) is 1.59. The zero-order chi connectivity index (χ0) is 8.58. The van der Waals surface area contributed by atoms with Crippen LogP contribution in [-0.2, 0) is 10.0 Å². The molecular weight excluding hydrogens is 171 g/mol. The Morgan fingerprint density at radius 3 is 1.70 bits per heavy atom. The van der Waals surface area contributed by atoms with Crippen molar-refractivity contribution >= 4 is 10.0 Å². The predicted octanol–water partition coefficient (Wildman–Crippen LogP) is 0.226. The second-order valence-corrected chi connectivity index (χ2v) is 3.66. The van der Waals surface area contributed by atoms with E-state index in [2.05, 4.69) is 5.14 Å². The zero-order valence-electron chi connectivity index (χ0n) is 5.01. The molecule has 0 saturated heterocycles. The average molecular weight is 177 g/mol. The van der Waals surface area contributed by atoms with Gasteiger partial charge in [0.1, 0.15) is 0 Å². The summed E-state index contributed by atoms with van der Waals surface area (Å²) in [5, 5.41) is 1.73. The van der Waals surface area contributed by atoms with E-state index in [0.29, 0.717) is 6.92 Å². The van der Waals surface area contributed by atoms with Gasteiger partial charge >= 0.3 is 6.18 Å². The van der Waals surface area contributed by atoms with Crippen molar-refractivity contribution < 1.29 is 21.6 Å². The maximum Gasteiger partial charge on any atom is 0.406 e. The summed E-state index contributed by atoms with van der Waals surface area (Å²) in [5.41, 5.74) is 0. The minimum atomic E-state index is -4.77.